The van der Waals surface area contributed by atoms with Crippen molar-refractivity contribution in [2.24, 2.45) is 0 Å². The summed E-state index contributed by atoms with van der Waals surface area (Å²) in [7, 11) is 0. The number of allylic oxidation sites excluding steroid dienone is 8. The highest BCUT2D eigenvalue weighted by Crippen LogP contribution is 2.17. The van der Waals surface area contributed by atoms with Gasteiger partial charge in [0.15, 0.2) is 6.10 Å². The van der Waals surface area contributed by atoms with Crippen LogP contribution in [-0.4, -0.2) is 37.2 Å². The molecule has 0 rings (SSSR count). The van der Waals surface area contributed by atoms with Gasteiger partial charge in [-0.1, -0.05) is 301 Å². The van der Waals surface area contributed by atoms with E-state index in [2.05, 4.69) is 69.4 Å². The average Bonchev–Trinajstić information content (AvgIpc) is 3.41. The van der Waals surface area contributed by atoms with Gasteiger partial charge >= 0.3 is 17.9 Å². The zero-order valence-corrected chi connectivity index (χ0v) is 50.3. The third-order valence-electron chi connectivity index (χ3n) is 14.8. The summed E-state index contributed by atoms with van der Waals surface area (Å²) < 4.78 is 16.9. The Morgan fingerprint density at radius 1 is 0.267 bits per heavy atom. The second kappa shape index (κ2) is 63.9. The fourth-order valence-corrected chi connectivity index (χ4v) is 9.80. The Labute approximate surface area is 467 Å². The predicted molar refractivity (Wildman–Crippen MR) is 325 cm³/mol. The van der Waals surface area contributed by atoms with Crippen LogP contribution in [0.15, 0.2) is 48.6 Å². The van der Waals surface area contributed by atoms with E-state index in [9.17, 15) is 14.4 Å². The molecule has 6 nitrogen and oxygen atoms in total. The Morgan fingerprint density at radius 3 is 0.760 bits per heavy atom. The largest absolute Gasteiger partial charge is 0.462 e. The highest BCUT2D eigenvalue weighted by atomic mass is 16.6. The summed E-state index contributed by atoms with van der Waals surface area (Å²) in [5.41, 5.74) is 0. The van der Waals surface area contributed by atoms with E-state index < -0.39 is 6.10 Å². The molecular weight excluding hydrogens is 925 g/mol. The van der Waals surface area contributed by atoms with Gasteiger partial charge in [-0.15, -0.1) is 0 Å². The summed E-state index contributed by atoms with van der Waals surface area (Å²) >= 11 is 0. The van der Waals surface area contributed by atoms with Gasteiger partial charge in [-0.25, -0.2) is 0 Å². The smallest absolute Gasteiger partial charge is 0.306 e. The van der Waals surface area contributed by atoms with E-state index in [0.717, 1.165) is 77.0 Å². The molecule has 438 valence electrons. The van der Waals surface area contributed by atoms with Crippen LogP contribution in [0.4, 0.5) is 0 Å². The highest BCUT2D eigenvalue weighted by Gasteiger charge is 2.19. The molecule has 0 aromatic heterocycles. The maximum absolute atomic E-state index is 12.9. The van der Waals surface area contributed by atoms with Gasteiger partial charge < -0.3 is 14.2 Å². The molecular formula is C69H126O6. The second-order valence-electron chi connectivity index (χ2n) is 22.4. The van der Waals surface area contributed by atoms with Crippen LogP contribution in [0.1, 0.15) is 355 Å². The van der Waals surface area contributed by atoms with Gasteiger partial charge in [0.25, 0.3) is 0 Å². The molecule has 0 bridgehead atoms. The molecule has 0 radical (unpaired) electrons. The van der Waals surface area contributed by atoms with Crippen molar-refractivity contribution in [3.05, 3.63) is 48.6 Å². The molecule has 0 aliphatic heterocycles. The number of ether oxygens (including phenoxy) is 3. The van der Waals surface area contributed by atoms with Crippen LogP contribution in [0, 0.1) is 0 Å². The highest BCUT2D eigenvalue weighted by molar-refractivity contribution is 5.71. The van der Waals surface area contributed by atoms with Crippen LogP contribution in [0.5, 0.6) is 0 Å². The quantitative estimate of drug-likeness (QED) is 0.0261. The topological polar surface area (TPSA) is 78.9 Å². The van der Waals surface area contributed by atoms with Crippen LogP contribution in [0.25, 0.3) is 0 Å². The Kier molecular flexibility index (Phi) is 61.7. The molecule has 1 atom stereocenters. The van der Waals surface area contributed by atoms with Crippen LogP contribution in [0.2, 0.25) is 0 Å². The monoisotopic (exact) mass is 1050 g/mol. The first-order valence-electron chi connectivity index (χ1n) is 33.1. The molecule has 1 unspecified atom stereocenters. The molecule has 0 amide bonds. The number of esters is 3. The normalized spacial score (nSPS) is 12.3. The number of rotatable bonds is 61. The Hall–Kier alpha value is -2.63. The van der Waals surface area contributed by atoms with E-state index in [0.29, 0.717) is 19.3 Å². The Balaban J connectivity index is 4.09. The minimum absolute atomic E-state index is 0.0728. The molecule has 75 heavy (non-hydrogen) atoms. The number of hydrogen-bond acceptors (Lipinski definition) is 6. The number of hydrogen-bond donors (Lipinski definition) is 0. The van der Waals surface area contributed by atoms with Crippen LogP contribution >= 0.6 is 0 Å². The summed E-state index contributed by atoms with van der Waals surface area (Å²) in [4.78, 5) is 38.1. The molecule has 0 aromatic carbocycles. The number of unbranched alkanes of at least 4 members (excludes halogenated alkanes) is 42. The molecule has 0 fully saturated rings. The second-order valence-corrected chi connectivity index (χ2v) is 22.4. The fourth-order valence-electron chi connectivity index (χ4n) is 9.80. The van der Waals surface area contributed by atoms with Gasteiger partial charge in [-0.05, 0) is 83.5 Å². The van der Waals surface area contributed by atoms with Crippen molar-refractivity contribution in [1.29, 1.82) is 0 Å². The van der Waals surface area contributed by atoms with Gasteiger partial charge in [0, 0.05) is 19.3 Å². The van der Waals surface area contributed by atoms with Gasteiger partial charge in [0.05, 0.1) is 0 Å². The molecule has 0 saturated carbocycles. The van der Waals surface area contributed by atoms with Crippen molar-refractivity contribution >= 4 is 17.9 Å². The molecule has 0 spiro atoms. The van der Waals surface area contributed by atoms with Crippen molar-refractivity contribution in [3.8, 4) is 0 Å². The van der Waals surface area contributed by atoms with Crippen molar-refractivity contribution in [2.45, 2.75) is 361 Å². The van der Waals surface area contributed by atoms with E-state index in [1.807, 2.05) is 0 Å². The van der Waals surface area contributed by atoms with Crippen molar-refractivity contribution in [3.63, 3.8) is 0 Å². The number of carbonyl (C=O) groups excluding carboxylic acids is 3. The van der Waals surface area contributed by atoms with E-state index in [1.165, 1.54) is 238 Å². The lowest BCUT2D eigenvalue weighted by atomic mass is 10.0. The third kappa shape index (κ3) is 62.1. The number of carbonyl (C=O) groups is 3. The molecule has 0 aliphatic rings. The molecule has 6 heteroatoms. The zero-order chi connectivity index (χ0) is 54.3. The average molecular weight is 1050 g/mol. The van der Waals surface area contributed by atoms with E-state index in [4.69, 9.17) is 14.2 Å². The first-order valence-corrected chi connectivity index (χ1v) is 33.1. The summed E-state index contributed by atoms with van der Waals surface area (Å²) in [6, 6.07) is 0. The lowest BCUT2D eigenvalue weighted by molar-refractivity contribution is -0.167. The van der Waals surface area contributed by atoms with E-state index in [1.54, 1.807) is 0 Å². The minimum atomic E-state index is -0.774. The van der Waals surface area contributed by atoms with Crippen LogP contribution in [-0.2, 0) is 28.6 Å². The SMILES string of the molecule is CCCCCCC/C=C\C/C=C\C/C=C\CCCCCCCCCCC(=O)OC(COC(=O)CCCCCCCCC)COC(=O)CCCCCCCCCCCCCCCCC/C=C\CCCCCCCCCC. The molecule has 0 heterocycles. The first-order chi connectivity index (χ1) is 37.0. The van der Waals surface area contributed by atoms with Crippen LogP contribution < -0.4 is 0 Å². The standard InChI is InChI=1S/C69H126O6/c1-4-7-10-13-16-18-20-22-24-26-28-30-32-33-34-35-37-38-40-42-44-46-48-50-53-56-59-62-68(71)74-65-66(64-73-67(70)61-58-55-52-15-12-9-6-3)75-69(72)63-60-57-54-51-49-47-45-43-41-39-36-31-29-27-25-23-21-19-17-14-11-8-5-2/h21,23,26-29,36,39,66H,4-20,22,24-25,30-35,37-38,40-65H2,1-3H3/b23-21-,28-26-,29-27-,39-36-. The summed E-state index contributed by atoms with van der Waals surface area (Å²) in [5, 5.41) is 0. The molecule has 0 saturated heterocycles. The Morgan fingerprint density at radius 2 is 0.480 bits per heavy atom. The first kappa shape index (κ1) is 72.4. The lowest BCUT2D eigenvalue weighted by Gasteiger charge is -2.18. The van der Waals surface area contributed by atoms with Gasteiger partial charge in [0.2, 0.25) is 0 Å². The maximum Gasteiger partial charge on any atom is 0.306 e. The lowest BCUT2D eigenvalue weighted by Crippen LogP contribution is -2.30. The summed E-state index contributed by atoms with van der Waals surface area (Å²) in [5.74, 6) is -0.868. The minimum Gasteiger partial charge on any atom is -0.462 e. The molecule has 0 aromatic rings. The van der Waals surface area contributed by atoms with Gasteiger partial charge in [-0.3, -0.25) is 14.4 Å². The zero-order valence-electron chi connectivity index (χ0n) is 50.3. The van der Waals surface area contributed by atoms with E-state index in [-0.39, 0.29) is 31.1 Å². The maximum atomic E-state index is 12.9. The van der Waals surface area contributed by atoms with Gasteiger partial charge in [0.1, 0.15) is 13.2 Å². The van der Waals surface area contributed by atoms with Crippen molar-refractivity contribution in [2.75, 3.05) is 13.2 Å². The predicted octanol–water partition coefficient (Wildman–Crippen LogP) is 22.6. The third-order valence-corrected chi connectivity index (χ3v) is 14.8. The summed E-state index contributed by atoms with van der Waals surface area (Å²) in [6.07, 6.45) is 80.1. The summed E-state index contributed by atoms with van der Waals surface area (Å²) in [6.45, 7) is 6.63. The van der Waals surface area contributed by atoms with Crippen molar-refractivity contribution in [1.82, 2.24) is 0 Å². The van der Waals surface area contributed by atoms with Gasteiger partial charge in [-0.2, -0.15) is 0 Å². The molecule has 0 aliphatic carbocycles. The molecule has 0 N–H and O–H groups in total. The Bertz CT molecular complexity index is 1300. The fraction of sp³-hybridized carbons (Fsp3) is 0.841. The van der Waals surface area contributed by atoms with Crippen molar-refractivity contribution < 1.29 is 28.6 Å². The van der Waals surface area contributed by atoms with E-state index >= 15 is 0 Å². The van der Waals surface area contributed by atoms with Crippen LogP contribution in [0.3, 0.4) is 0 Å².